The fourth-order valence-corrected chi connectivity index (χ4v) is 4.65. The van der Waals surface area contributed by atoms with E-state index in [1.54, 1.807) is 51.1 Å². The zero-order valence-electron chi connectivity index (χ0n) is 17.2. The Labute approximate surface area is 172 Å². The first-order valence-corrected chi connectivity index (χ1v) is 11.0. The molecular formula is C20H31NO7S. The standard InChI is InChI=1S/C19H29NO4S.CH2O3/c1-19(2,3)24-18(21)15-20(14-16-10-6-4-7-11-16)25(22,23)17-12-8-5-9-13-17;2-1(3)4/h5,8-9,12-13,16H,4,6-7,10-11,14-15H2,1-3H3;(H2,2,3,4). The number of hydrogen-bond donors (Lipinski definition) is 2. The second-order valence-corrected chi connectivity index (χ2v) is 9.92. The van der Waals surface area contributed by atoms with Crippen molar-refractivity contribution in [3.05, 3.63) is 30.3 Å². The van der Waals surface area contributed by atoms with Crippen LogP contribution in [-0.2, 0) is 19.6 Å². The number of nitrogens with zero attached hydrogens (tertiary/aromatic N) is 1. The minimum atomic E-state index is -3.72. The van der Waals surface area contributed by atoms with Gasteiger partial charge in [-0.1, -0.05) is 37.5 Å². The van der Waals surface area contributed by atoms with Crippen molar-refractivity contribution >= 4 is 22.1 Å². The number of benzene rings is 1. The molecular weight excluding hydrogens is 398 g/mol. The molecule has 1 fully saturated rings. The SMILES string of the molecule is CC(C)(C)OC(=O)CN(CC1CCCCC1)S(=O)(=O)c1ccccc1.O=C(O)O. The maximum atomic E-state index is 13.0. The van der Waals surface area contributed by atoms with E-state index in [9.17, 15) is 13.2 Å². The highest BCUT2D eigenvalue weighted by molar-refractivity contribution is 7.89. The highest BCUT2D eigenvalue weighted by atomic mass is 32.2. The van der Waals surface area contributed by atoms with Crippen LogP contribution >= 0.6 is 0 Å². The molecule has 0 unspecified atom stereocenters. The molecule has 0 spiro atoms. The summed E-state index contributed by atoms with van der Waals surface area (Å²) in [6.45, 7) is 5.47. The van der Waals surface area contributed by atoms with Gasteiger partial charge >= 0.3 is 12.1 Å². The first-order valence-electron chi connectivity index (χ1n) is 9.61. The van der Waals surface area contributed by atoms with E-state index in [0.29, 0.717) is 12.5 Å². The van der Waals surface area contributed by atoms with Gasteiger partial charge in [0, 0.05) is 6.54 Å². The van der Waals surface area contributed by atoms with E-state index in [0.717, 1.165) is 25.7 Å². The lowest BCUT2D eigenvalue weighted by Gasteiger charge is -2.29. The van der Waals surface area contributed by atoms with Crippen LogP contribution in [-0.4, -0.2) is 53.8 Å². The molecule has 1 saturated carbocycles. The van der Waals surface area contributed by atoms with Crippen molar-refractivity contribution in [2.75, 3.05) is 13.1 Å². The second-order valence-electron chi connectivity index (χ2n) is 7.98. The third kappa shape index (κ3) is 9.76. The Morgan fingerprint density at radius 2 is 1.59 bits per heavy atom. The lowest BCUT2D eigenvalue weighted by Crippen LogP contribution is -2.41. The molecule has 164 valence electrons. The Morgan fingerprint density at radius 1 is 1.07 bits per heavy atom. The number of carboxylic acid groups (broad SMARTS) is 2. The number of hydrogen-bond acceptors (Lipinski definition) is 5. The van der Waals surface area contributed by atoms with Crippen LogP contribution in [0.2, 0.25) is 0 Å². The van der Waals surface area contributed by atoms with Crippen LogP contribution in [0, 0.1) is 5.92 Å². The number of carbonyl (C=O) groups excluding carboxylic acids is 1. The molecule has 1 aliphatic carbocycles. The summed E-state index contributed by atoms with van der Waals surface area (Å²) in [6.07, 6.45) is 3.63. The Morgan fingerprint density at radius 3 is 2.07 bits per heavy atom. The number of sulfonamides is 1. The Hall–Kier alpha value is -2.13. The molecule has 0 aliphatic heterocycles. The highest BCUT2D eigenvalue weighted by Crippen LogP contribution is 2.27. The van der Waals surface area contributed by atoms with Crippen molar-refractivity contribution in [1.29, 1.82) is 0 Å². The van der Waals surface area contributed by atoms with Crippen molar-refractivity contribution in [2.24, 2.45) is 5.92 Å². The van der Waals surface area contributed by atoms with Crippen LogP contribution in [0.3, 0.4) is 0 Å². The number of esters is 1. The molecule has 0 amide bonds. The summed E-state index contributed by atoms with van der Waals surface area (Å²) in [5.41, 5.74) is -0.635. The number of carbonyl (C=O) groups is 2. The third-order valence-corrected chi connectivity index (χ3v) is 6.12. The summed E-state index contributed by atoms with van der Waals surface area (Å²) >= 11 is 0. The lowest BCUT2D eigenvalue weighted by atomic mass is 9.89. The molecule has 8 nitrogen and oxygen atoms in total. The molecule has 1 aliphatic rings. The maximum absolute atomic E-state index is 13.0. The molecule has 9 heteroatoms. The zero-order valence-corrected chi connectivity index (χ0v) is 18.0. The van der Waals surface area contributed by atoms with E-state index < -0.39 is 27.7 Å². The van der Waals surface area contributed by atoms with Crippen LogP contribution in [0.15, 0.2) is 35.2 Å². The van der Waals surface area contributed by atoms with Crippen LogP contribution < -0.4 is 0 Å². The quantitative estimate of drug-likeness (QED) is 0.659. The van der Waals surface area contributed by atoms with Crippen molar-refractivity contribution in [2.45, 2.75) is 63.4 Å². The molecule has 2 N–H and O–H groups in total. The van der Waals surface area contributed by atoms with Gasteiger partial charge in [0.25, 0.3) is 0 Å². The summed E-state index contributed by atoms with van der Waals surface area (Å²) in [5.74, 6) is -0.211. The van der Waals surface area contributed by atoms with Gasteiger partial charge in [-0.25, -0.2) is 13.2 Å². The minimum absolute atomic E-state index is 0.217. The van der Waals surface area contributed by atoms with E-state index in [1.807, 2.05) is 0 Å². The van der Waals surface area contributed by atoms with E-state index >= 15 is 0 Å². The summed E-state index contributed by atoms with van der Waals surface area (Å²) < 4.78 is 32.7. The van der Waals surface area contributed by atoms with Crippen molar-refractivity contribution in [1.82, 2.24) is 4.31 Å². The van der Waals surface area contributed by atoms with Crippen molar-refractivity contribution in [3.63, 3.8) is 0 Å². The minimum Gasteiger partial charge on any atom is -0.459 e. The molecule has 0 bridgehead atoms. The molecule has 2 rings (SSSR count). The fraction of sp³-hybridized carbons (Fsp3) is 0.600. The van der Waals surface area contributed by atoms with Gasteiger partial charge in [-0.3, -0.25) is 4.79 Å². The van der Waals surface area contributed by atoms with Crippen molar-refractivity contribution in [3.8, 4) is 0 Å². The van der Waals surface area contributed by atoms with Gasteiger partial charge in [-0.2, -0.15) is 4.31 Å². The molecule has 0 radical (unpaired) electrons. The average molecular weight is 430 g/mol. The third-order valence-electron chi connectivity index (χ3n) is 4.29. The van der Waals surface area contributed by atoms with E-state index in [-0.39, 0.29) is 11.4 Å². The monoisotopic (exact) mass is 429 g/mol. The highest BCUT2D eigenvalue weighted by Gasteiger charge is 2.31. The van der Waals surface area contributed by atoms with Crippen LogP contribution in [0.5, 0.6) is 0 Å². The maximum Gasteiger partial charge on any atom is 0.503 e. The summed E-state index contributed by atoms with van der Waals surface area (Å²) in [6, 6.07) is 8.30. The lowest BCUT2D eigenvalue weighted by molar-refractivity contribution is -0.155. The van der Waals surface area contributed by atoms with Gasteiger partial charge in [-0.05, 0) is 51.7 Å². The molecule has 0 atom stereocenters. The topological polar surface area (TPSA) is 121 Å². The van der Waals surface area contributed by atoms with Gasteiger partial charge in [0.2, 0.25) is 10.0 Å². The fourth-order valence-electron chi connectivity index (χ4n) is 3.16. The van der Waals surface area contributed by atoms with E-state index in [2.05, 4.69) is 0 Å². The van der Waals surface area contributed by atoms with Crippen LogP contribution in [0.4, 0.5) is 4.79 Å². The predicted molar refractivity (Wildman–Crippen MR) is 108 cm³/mol. The number of rotatable bonds is 6. The normalized spacial score (nSPS) is 15.3. The van der Waals surface area contributed by atoms with Gasteiger partial charge in [-0.15, -0.1) is 0 Å². The van der Waals surface area contributed by atoms with Crippen LogP contribution in [0.1, 0.15) is 52.9 Å². The molecule has 29 heavy (non-hydrogen) atoms. The molecule has 0 aromatic heterocycles. The first-order chi connectivity index (χ1) is 13.4. The van der Waals surface area contributed by atoms with Gasteiger partial charge < -0.3 is 14.9 Å². The van der Waals surface area contributed by atoms with Crippen LogP contribution in [0.25, 0.3) is 0 Å². The summed E-state index contributed by atoms with van der Waals surface area (Å²) in [5, 5.41) is 13.9. The second kappa shape index (κ2) is 11.2. The molecule has 1 aromatic rings. The smallest absolute Gasteiger partial charge is 0.459 e. The largest absolute Gasteiger partial charge is 0.503 e. The predicted octanol–water partition coefficient (Wildman–Crippen LogP) is 3.82. The van der Waals surface area contributed by atoms with Gasteiger partial charge in [0.1, 0.15) is 12.1 Å². The zero-order chi connectivity index (χ0) is 22.1. The number of ether oxygens (including phenoxy) is 1. The van der Waals surface area contributed by atoms with Gasteiger partial charge in [0.05, 0.1) is 4.90 Å². The Kier molecular flexibility index (Phi) is 9.58. The van der Waals surface area contributed by atoms with E-state index in [4.69, 9.17) is 19.7 Å². The summed E-state index contributed by atoms with van der Waals surface area (Å²) in [4.78, 5) is 21.0. The summed E-state index contributed by atoms with van der Waals surface area (Å²) in [7, 11) is -3.72. The molecule has 0 heterocycles. The van der Waals surface area contributed by atoms with E-state index in [1.165, 1.54) is 10.7 Å². The van der Waals surface area contributed by atoms with Gasteiger partial charge in [0.15, 0.2) is 0 Å². The Bertz CT molecular complexity index is 747. The average Bonchev–Trinajstić information content (AvgIpc) is 2.61. The first kappa shape index (κ1) is 24.9. The molecule has 1 aromatic carbocycles. The Balaban J connectivity index is 0.000000960. The van der Waals surface area contributed by atoms with Crippen molar-refractivity contribution < 1.29 is 33.0 Å². The molecule has 0 saturated heterocycles.